The zero-order valence-electron chi connectivity index (χ0n) is 13.7. The van der Waals surface area contributed by atoms with E-state index in [2.05, 4.69) is 30.8 Å². The second-order valence-corrected chi connectivity index (χ2v) is 9.42. The van der Waals surface area contributed by atoms with Crippen molar-refractivity contribution in [1.29, 1.82) is 0 Å². The third kappa shape index (κ3) is 3.29. The lowest BCUT2D eigenvalue weighted by atomic mass is 10.1. The van der Waals surface area contributed by atoms with Gasteiger partial charge >= 0.3 is 0 Å². The lowest BCUT2D eigenvalue weighted by Crippen LogP contribution is -2.13. The van der Waals surface area contributed by atoms with Gasteiger partial charge in [0, 0.05) is 9.35 Å². The van der Waals surface area contributed by atoms with E-state index in [4.69, 9.17) is 9.26 Å². The average Bonchev–Trinajstić information content (AvgIpc) is 3.17. The summed E-state index contributed by atoms with van der Waals surface area (Å²) in [5.41, 5.74) is 1.65. The van der Waals surface area contributed by atoms with Crippen molar-refractivity contribution in [3.05, 3.63) is 45.0 Å². The highest BCUT2D eigenvalue weighted by molar-refractivity contribution is 9.10. The molecule has 1 aliphatic rings. The molecule has 7 nitrogen and oxygen atoms in total. The fraction of sp³-hybridized carbons (Fsp3) is 0.250. The van der Waals surface area contributed by atoms with Gasteiger partial charge in [0.15, 0.2) is 5.82 Å². The van der Waals surface area contributed by atoms with Crippen molar-refractivity contribution < 1.29 is 17.7 Å². The molecule has 0 atom stereocenters. The maximum absolute atomic E-state index is 12.8. The fourth-order valence-electron chi connectivity index (χ4n) is 2.72. The number of hydrogen-bond acceptors (Lipinski definition) is 7. The smallest absolute Gasteiger partial charge is 0.262 e. The molecule has 3 aromatic rings. The van der Waals surface area contributed by atoms with E-state index in [1.807, 2.05) is 0 Å². The van der Waals surface area contributed by atoms with Gasteiger partial charge in [-0.05, 0) is 43.2 Å². The zero-order chi connectivity index (χ0) is 18.3. The van der Waals surface area contributed by atoms with Gasteiger partial charge in [0.25, 0.3) is 15.9 Å². The van der Waals surface area contributed by atoms with Crippen LogP contribution >= 0.6 is 27.3 Å². The van der Waals surface area contributed by atoms with Crippen molar-refractivity contribution in [2.75, 3.05) is 11.3 Å². The van der Waals surface area contributed by atoms with Crippen LogP contribution in [0.15, 0.2) is 38.2 Å². The van der Waals surface area contributed by atoms with E-state index < -0.39 is 10.0 Å². The van der Waals surface area contributed by atoms with Crippen LogP contribution in [-0.2, 0) is 27.8 Å². The maximum atomic E-state index is 12.8. The van der Waals surface area contributed by atoms with Crippen LogP contribution in [0.4, 0.5) is 5.00 Å². The number of aryl methyl sites for hydroxylation is 1. The standard InChI is InChI=1S/C16H14BrN3O4S2/c1-9-18-15(24-19-9)14-12-6-7-23-8-13(12)25-16(14)20-26(21,22)11-4-2-10(17)3-5-11/h2-5,20H,6-8H2,1H3. The minimum atomic E-state index is -3.74. The number of rotatable bonds is 4. The summed E-state index contributed by atoms with van der Waals surface area (Å²) in [7, 11) is -3.74. The Hall–Kier alpha value is -1.75. The van der Waals surface area contributed by atoms with E-state index in [-0.39, 0.29) is 4.90 Å². The minimum Gasteiger partial charge on any atom is -0.376 e. The first-order chi connectivity index (χ1) is 12.4. The van der Waals surface area contributed by atoms with Gasteiger partial charge in [-0.1, -0.05) is 21.1 Å². The Balaban J connectivity index is 1.79. The molecule has 0 aliphatic carbocycles. The molecule has 0 amide bonds. The molecule has 0 spiro atoms. The summed E-state index contributed by atoms with van der Waals surface area (Å²) in [6.45, 7) is 2.74. The number of benzene rings is 1. The Labute approximate surface area is 162 Å². The van der Waals surface area contributed by atoms with Gasteiger partial charge in [-0.25, -0.2) is 8.42 Å². The molecule has 136 valence electrons. The Bertz CT molecular complexity index is 1060. The number of aromatic nitrogens is 2. The van der Waals surface area contributed by atoms with Crippen LogP contribution in [0.2, 0.25) is 0 Å². The Morgan fingerprint density at radius 3 is 2.73 bits per heavy atom. The highest BCUT2D eigenvalue weighted by atomic mass is 79.9. The van der Waals surface area contributed by atoms with Gasteiger partial charge in [-0.3, -0.25) is 4.72 Å². The second kappa shape index (κ2) is 6.76. The lowest BCUT2D eigenvalue weighted by molar-refractivity contribution is 0.113. The first-order valence-electron chi connectivity index (χ1n) is 7.75. The zero-order valence-corrected chi connectivity index (χ0v) is 16.9. The van der Waals surface area contributed by atoms with E-state index in [0.717, 1.165) is 14.9 Å². The summed E-state index contributed by atoms with van der Waals surface area (Å²) >= 11 is 4.65. The van der Waals surface area contributed by atoms with Gasteiger partial charge in [0.2, 0.25) is 0 Å². The summed E-state index contributed by atoms with van der Waals surface area (Å²) in [6.07, 6.45) is 0.669. The van der Waals surface area contributed by atoms with Gasteiger partial charge in [0.1, 0.15) is 5.00 Å². The van der Waals surface area contributed by atoms with Crippen molar-refractivity contribution in [2.45, 2.75) is 24.8 Å². The van der Waals surface area contributed by atoms with E-state index in [1.165, 1.54) is 11.3 Å². The third-order valence-corrected chi connectivity index (χ3v) is 7.06. The molecule has 4 rings (SSSR count). The number of fused-ring (bicyclic) bond motifs is 1. The van der Waals surface area contributed by atoms with Crippen molar-refractivity contribution >= 4 is 42.3 Å². The molecule has 1 N–H and O–H groups in total. The van der Waals surface area contributed by atoms with Crippen LogP contribution in [-0.4, -0.2) is 25.2 Å². The quantitative estimate of drug-likeness (QED) is 0.643. The average molecular weight is 456 g/mol. The molecule has 10 heteroatoms. The second-order valence-electron chi connectivity index (χ2n) is 5.72. The van der Waals surface area contributed by atoms with Crippen LogP contribution in [0.3, 0.4) is 0 Å². The van der Waals surface area contributed by atoms with Gasteiger partial charge in [-0.15, -0.1) is 11.3 Å². The van der Waals surface area contributed by atoms with Gasteiger partial charge in [-0.2, -0.15) is 4.98 Å². The van der Waals surface area contributed by atoms with E-state index in [0.29, 0.717) is 41.9 Å². The van der Waals surface area contributed by atoms with Crippen molar-refractivity contribution in [3.63, 3.8) is 0 Å². The molecule has 0 fully saturated rings. The molecule has 0 saturated carbocycles. The first-order valence-corrected chi connectivity index (χ1v) is 10.8. The highest BCUT2D eigenvalue weighted by Gasteiger charge is 2.28. The molecule has 0 bridgehead atoms. The Morgan fingerprint density at radius 2 is 2.04 bits per heavy atom. The van der Waals surface area contributed by atoms with Gasteiger partial charge in [0.05, 0.1) is 23.7 Å². The molecular weight excluding hydrogens is 442 g/mol. The number of hydrogen-bond donors (Lipinski definition) is 1. The molecule has 26 heavy (non-hydrogen) atoms. The summed E-state index contributed by atoms with van der Waals surface area (Å²) in [6, 6.07) is 6.45. The number of thiophene rings is 1. The topological polar surface area (TPSA) is 94.3 Å². The van der Waals surface area contributed by atoms with Crippen molar-refractivity contribution in [3.8, 4) is 11.5 Å². The van der Waals surface area contributed by atoms with E-state index >= 15 is 0 Å². The molecule has 0 unspecified atom stereocenters. The molecule has 1 aromatic carbocycles. The van der Waals surface area contributed by atoms with Crippen LogP contribution in [0.5, 0.6) is 0 Å². The fourth-order valence-corrected chi connectivity index (χ4v) is 5.47. The van der Waals surface area contributed by atoms with Crippen LogP contribution in [0, 0.1) is 6.92 Å². The van der Waals surface area contributed by atoms with Crippen molar-refractivity contribution in [2.24, 2.45) is 0 Å². The number of nitrogens with one attached hydrogen (secondary N) is 1. The predicted molar refractivity (Wildman–Crippen MR) is 101 cm³/mol. The molecule has 1 aliphatic heterocycles. The normalized spacial score (nSPS) is 14.2. The predicted octanol–water partition coefficient (Wildman–Crippen LogP) is 3.74. The SMILES string of the molecule is Cc1noc(-c2c(NS(=O)(=O)c3ccc(Br)cc3)sc3c2CCOC3)n1. The number of sulfonamides is 1. The summed E-state index contributed by atoms with van der Waals surface area (Å²) in [5, 5.41) is 4.30. The number of ether oxygens (including phenoxy) is 1. The number of nitrogens with zero attached hydrogens (tertiary/aromatic N) is 2. The molecule has 2 aromatic heterocycles. The van der Waals surface area contributed by atoms with Crippen molar-refractivity contribution in [1.82, 2.24) is 10.1 Å². The number of anilines is 1. The summed E-state index contributed by atoms with van der Waals surface area (Å²) in [4.78, 5) is 5.43. The summed E-state index contributed by atoms with van der Waals surface area (Å²) < 4.78 is 39.9. The Kier molecular flexibility index (Phi) is 4.59. The maximum Gasteiger partial charge on any atom is 0.262 e. The monoisotopic (exact) mass is 455 g/mol. The van der Waals surface area contributed by atoms with Gasteiger partial charge < -0.3 is 9.26 Å². The van der Waals surface area contributed by atoms with Crippen LogP contribution in [0.1, 0.15) is 16.3 Å². The van der Waals surface area contributed by atoms with Crippen LogP contribution < -0.4 is 4.72 Å². The van der Waals surface area contributed by atoms with Crippen LogP contribution in [0.25, 0.3) is 11.5 Å². The van der Waals surface area contributed by atoms with E-state index in [1.54, 1.807) is 31.2 Å². The molecular formula is C16H14BrN3O4S2. The number of halogens is 1. The molecule has 0 saturated heterocycles. The Morgan fingerprint density at radius 1 is 1.27 bits per heavy atom. The molecule has 0 radical (unpaired) electrons. The summed E-state index contributed by atoms with van der Waals surface area (Å²) in [5.74, 6) is 0.809. The first kappa shape index (κ1) is 17.7. The largest absolute Gasteiger partial charge is 0.376 e. The lowest BCUT2D eigenvalue weighted by Gasteiger charge is -2.12. The van der Waals surface area contributed by atoms with E-state index in [9.17, 15) is 8.42 Å². The highest BCUT2D eigenvalue weighted by Crippen LogP contribution is 2.43. The minimum absolute atomic E-state index is 0.177. The molecule has 3 heterocycles. The third-order valence-electron chi connectivity index (χ3n) is 3.91.